The molecule has 1 aromatic rings. The fraction of sp³-hybridized carbons (Fsp3) is 0.385. The van der Waals surface area contributed by atoms with Crippen LogP contribution in [0.5, 0.6) is 0 Å². The minimum atomic E-state index is -0.105. The summed E-state index contributed by atoms with van der Waals surface area (Å²) < 4.78 is 8.91. The molecule has 16 heavy (non-hydrogen) atoms. The lowest BCUT2D eigenvalue weighted by Crippen LogP contribution is -2.31. The van der Waals surface area contributed by atoms with Gasteiger partial charge in [0.2, 0.25) is 0 Å². The van der Waals surface area contributed by atoms with E-state index in [9.17, 15) is 0 Å². The number of hydrogen-bond donors (Lipinski definition) is 0. The average molecular weight is 438 g/mol. The lowest BCUT2D eigenvalue weighted by atomic mass is 9.79. The molecule has 1 aliphatic heterocycles. The third kappa shape index (κ3) is 1.58. The topological polar surface area (TPSA) is 9.23 Å². The highest BCUT2D eigenvalue weighted by Crippen LogP contribution is 2.52. The fourth-order valence-corrected chi connectivity index (χ4v) is 4.17. The van der Waals surface area contributed by atoms with Gasteiger partial charge in [-0.1, -0.05) is 24.3 Å². The summed E-state index contributed by atoms with van der Waals surface area (Å²) in [4.78, 5) is 0. The van der Waals surface area contributed by atoms with Crippen LogP contribution in [0, 0.1) is 0 Å². The highest BCUT2D eigenvalue weighted by Gasteiger charge is 2.44. The molecule has 2 aliphatic rings. The van der Waals surface area contributed by atoms with Crippen LogP contribution in [-0.4, -0.2) is 6.61 Å². The Hall–Kier alpha value is 0.380. The van der Waals surface area contributed by atoms with E-state index in [0.717, 1.165) is 13.0 Å². The molecule has 1 aliphatic carbocycles. The van der Waals surface area contributed by atoms with Crippen LogP contribution in [-0.2, 0) is 16.8 Å². The molecule has 1 spiro atoms. The van der Waals surface area contributed by atoms with Crippen molar-refractivity contribution in [1.29, 1.82) is 0 Å². The van der Waals surface area contributed by atoms with Crippen LogP contribution in [0.25, 0.3) is 0 Å². The van der Waals surface area contributed by atoms with Gasteiger partial charge < -0.3 is 4.74 Å². The minimum absolute atomic E-state index is 0.105. The Morgan fingerprint density at radius 1 is 1.19 bits per heavy atom. The molecule has 1 atom stereocenters. The third-order valence-electron chi connectivity index (χ3n) is 3.47. The van der Waals surface area contributed by atoms with Crippen LogP contribution in [0.1, 0.15) is 24.0 Å². The number of ether oxygens (including phenoxy) is 1. The zero-order valence-corrected chi connectivity index (χ0v) is 13.1. The van der Waals surface area contributed by atoms with Crippen LogP contribution in [0.2, 0.25) is 0 Å². The quantitative estimate of drug-likeness (QED) is 0.549. The number of benzene rings is 1. The SMILES string of the molecule is IC1=C(I)[C@]2(CCCc3ccccc32)OC1. The summed E-state index contributed by atoms with van der Waals surface area (Å²) in [5, 5.41) is 0. The summed E-state index contributed by atoms with van der Waals surface area (Å²) in [5.74, 6) is 0. The molecular weight excluding hydrogens is 426 g/mol. The van der Waals surface area contributed by atoms with Gasteiger partial charge in [-0.25, -0.2) is 0 Å². The van der Waals surface area contributed by atoms with Crippen LogP contribution >= 0.6 is 45.2 Å². The van der Waals surface area contributed by atoms with E-state index in [1.54, 1.807) is 0 Å². The second-order valence-corrected chi connectivity index (χ2v) is 6.73. The van der Waals surface area contributed by atoms with Crippen molar-refractivity contribution in [2.75, 3.05) is 6.61 Å². The van der Waals surface area contributed by atoms with E-state index in [2.05, 4.69) is 69.4 Å². The van der Waals surface area contributed by atoms with Gasteiger partial charge in [-0.2, -0.15) is 0 Å². The largest absolute Gasteiger partial charge is 0.360 e. The van der Waals surface area contributed by atoms with Crippen molar-refractivity contribution >= 4 is 45.2 Å². The monoisotopic (exact) mass is 438 g/mol. The molecule has 0 amide bonds. The first-order valence-corrected chi connectivity index (χ1v) is 7.67. The Kier molecular flexibility index (Phi) is 3.04. The predicted molar refractivity (Wildman–Crippen MR) is 82.1 cm³/mol. The molecule has 0 bridgehead atoms. The zero-order chi connectivity index (χ0) is 11.2. The molecule has 0 radical (unpaired) electrons. The van der Waals surface area contributed by atoms with E-state index in [4.69, 9.17) is 4.74 Å². The summed E-state index contributed by atoms with van der Waals surface area (Å²) in [5.41, 5.74) is 2.76. The number of rotatable bonds is 0. The highest BCUT2D eigenvalue weighted by molar-refractivity contribution is 14.1. The molecule has 3 heteroatoms. The first-order chi connectivity index (χ1) is 7.74. The molecular formula is C13H12I2O. The molecule has 0 saturated carbocycles. The van der Waals surface area contributed by atoms with Crippen LogP contribution in [0.15, 0.2) is 31.4 Å². The average Bonchev–Trinajstić information content (AvgIpc) is 2.60. The Morgan fingerprint density at radius 3 is 2.75 bits per heavy atom. The summed E-state index contributed by atoms with van der Waals surface area (Å²) in [6.45, 7) is 0.785. The molecule has 3 rings (SSSR count). The third-order valence-corrected chi connectivity index (χ3v) is 6.87. The maximum Gasteiger partial charge on any atom is 0.125 e. The predicted octanol–water partition coefficient (Wildman–Crippen LogP) is 4.33. The van der Waals surface area contributed by atoms with Crippen molar-refractivity contribution in [2.24, 2.45) is 0 Å². The molecule has 1 aromatic carbocycles. The molecule has 1 heterocycles. The number of hydrogen-bond acceptors (Lipinski definition) is 1. The van der Waals surface area contributed by atoms with Crippen molar-refractivity contribution < 1.29 is 4.74 Å². The van der Waals surface area contributed by atoms with E-state index in [0.29, 0.717) is 0 Å². The molecule has 0 fully saturated rings. The van der Waals surface area contributed by atoms with Crippen molar-refractivity contribution in [3.63, 3.8) is 0 Å². The van der Waals surface area contributed by atoms with Gasteiger partial charge in [0.15, 0.2) is 0 Å². The van der Waals surface area contributed by atoms with Crippen LogP contribution < -0.4 is 0 Å². The summed E-state index contributed by atoms with van der Waals surface area (Å²) in [7, 11) is 0. The molecule has 0 saturated heterocycles. The van der Waals surface area contributed by atoms with Crippen LogP contribution in [0.3, 0.4) is 0 Å². The van der Waals surface area contributed by atoms with E-state index in [1.807, 2.05) is 0 Å². The maximum absolute atomic E-state index is 6.14. The Balaban J connectivity index is 2.19. The molecule has 0 unspecified atom stereocenters. The first kappa shape index (κ1) is 11.5. The van der Waals surface area contributed by atoms with Gasteiger partial charge in [0.1, 0.15) is 5.60 Å². The number of halogens is 2. The molecule has 84 valence electrons. The first-order valence-electron chi connectivity index (χ1n) is 5.51. The lowest BCUT2D eigenvalue weighted by molar-refractivity contribution is 0.00743. The van der Waals surface area contributed by atoms with Crippen molar-refractivity contribution in [3.05, 3.63) is 42.6 Å². The minimum Gasteiger partial charge on any atom is -0.360 e. The second-order valence-electron chi connectivity index (χ2n) is 4.35. The fourth-order valence-electron chi connectivity index (χ4n) is 2.71. The summed E-state index contributed by atoms with van der Waals surface area (Å²) >= 11 is 4.89. The van der Waals surface area contributed by atoms with Crippen molar-refractivity contribution in [1.82, 2.24) is 0 Å². The van der Waals surface area contributed by atoms with Crippen molar-refractivity contribution in [3.8, 4) is 0 Å². The van der Waals surface area contributed by atoms with E-state index < -0.39 is 0 Å². The maximum atomic E-state index is 6.14. The van der Waals surface area contributed by atoms with Gasteiger partial charge in [0.05, 0.1) is 6.61 Å². The Morgan fingerprint density at radius 2 is 2.00 bits per heavy atom. The zero-order valence-electron chi connectivity index (χ0n) is 8.80. The molecule has 1 nitrogen and oxygen atoms in total. The summed E-state index contributed by atoms with van der Waals surface area (Å²) in [6, 6.07) is 8.75. The standard InChI is InChI=1S/C13H12I2O/c14-11-8-16-13(12(11)15)7-3-5-9-4-1-2-6-10(9)13/h1-2,4,6H,3,5,7-8H2/t13-/m1/s1. The van der Waals surface area contributed by atoms with Gasteiger partial charge in [-0.15, -0.1) is 0 Å². The van der Waals surface area contributed by atoms with E-state index in [1.165, 1.54) is 31.1 Å². The Labute approximate surface area is 123 Å². The smallest absolute Gasteiger partial charge is 0.125 e. The second kappa shape index (κ2) is 4.24. The van der Waals surface area contributed by atoms with Gasteiger partial charge in [-0.05, 0) is 75.6 Å². The number of aryl methyl sites for hydroxylation is 1. The van der Waals surface area contributed by atoms with Gasteiger partial charge in [0, 0.05) is 7.16 Å². The van der Waals surface area contributed by atoms with Gasteiger partial charge >= 0.3 is 0 Å². The lowest BCUT2D eigenvalue weighted by Gasteiger charge is -2.35. The highest BCUT2D eigenvalue weighted by atomic mass is 127. The van der Waals surface area contributed by atoms with E-state index in [-0.39, 0.29) is 5.60 Å². The Bertz CT molecular complexity index is 467. The molecule has 0 aromatic heterocycles. The van der Waals surface area contributed by atoms with E-state index >= 15 is 0 Å². The number of fused-ring (bicyclic) bond motifs is 2. The van der Waals surface area contributed by atoms with Gasteiger partial charge in [-0.3, -0.25) is 0 Å². The van der Waals surface area contributed by atoms with Crippen molar-refractivity contribution in [2.45, 2.75) is 24.9 Å². The van der Waals surface area contributed by atoms with Gasteiger partial charge in [0.25, 0.3) is 0 Å². The van der Waals surface area contributed by atoms with Crippen LogP contribution in [0.4, 0.5) is 0 Å². The normalized spacial score (nSPS) is 28.6. The summed E-state index contributed by atoms with van der Waals surface area (Å²) in [6.07, 6.45) is 3.56. The molecule has 0 N–H and O–H groups in total.